The molecule has 0 saturated carbocycles. The average Bonchev–Trinajstić information content (AvgIpc) is 2.73. The zero-order chi connectivity index (χ0) is 17.9. The molecule has 0 unspecified atom stereocenters. The molecule has 4 rings (SSSR count). The minimum Gasteiger partial charge on any atom is -0.485 e. The van der Waals surface area contributed by atoms with Gasteiger partial charge < -0.3 is 19.3 Å². The molecule has 0 spiro atoms. The highest BCUT2D eigenvalue weighted by Crippen LogP contribution is 2.31. The van der Waals surface area contributed by atoms with Crippen molar-refractivity contribution in [3.8, 4) is 11.5 Å². The van der Waals surface area contributed by atoms with E-state index in [1.807, 2.05) is 18.2 Å². The number of para-hydroxylation sites is 2. The Kier molecular flexibility index (Phi) is 4.43. The van der Waals surface area contributed by atoms with Crippen LogP contribution in [0, 0.1) is 0 Å². The van der Waals surface area contributed by atoms with Crippen LogP contribution in [0.1, 0.15) is 10.5 Å². The Labute approximate surface area is 151 Å². The molecule has 7 nitrogen and oxygen atoms in total. The maximum absolute atomic E-state index is 12.7. The molecule has 2 aliphatic heterocycles. The first kappa shape index (κ1) is 16.4. The number of pyridine rings is 1. The molecule has 134 valence electrons. The summed E-state index contributed by atoms with van der Waals surface area (Å²) in [5.74, 6) is 1.02. The van der Waals surface area contributed by atoms with E-state index >= 15 is 0 Å². The number of amides is 2. The maximum Gasteiger partial charge on any atom is 0.272 e. The molecule has 1 atom stereocenters. The SMILES string of the molecule is O=C(c1ccccn1)N1CCN(C(=O)[C@@H]2COc3ccccc3O2)CC1. The quantitative estimate of drug-likeness (QED) is 0.811. The molecule has 0 N–H and O–H groups in total. The van der Waals surface area contributed by atoms with Crippen LogP contribution >= 0.6 is 0 Å². The van der Waals surface area contributed by atoms with E-state index in [0.717, 1.165) is 0 Å². The number of carbonyl (C=O) groups excluding carboxylic acids is 2. The summed E-state index contributed by atoms with van der Waals surface area (Å²) >= 11 is 0. The molecule has 1 aromatic carbocycles. The van der Waals surface area contributed by atoms with E-state index in [0.29, 0.717) is 43.4 Å². The van der Waals surface area contributed by atoms with E-state index in [1.165, 1.54) is 0 Å². The van der Waals surface area contributed by atoms with Crippen LogP contribution in [0.4, 0.5) is 0 Å². The highest BCUT2D eigenvalue weighted by molar-refractivity contribution is 5.92. The minimum absolute atomic E-state index is 0.107. The molecule has 26 heavy (non-hydrogen) atoms. The predicted octanol–water partition coefficient (Wildman–Crippen LogP) is 1.21. The maximum atomic E-state index is 12.7. The number of piperazine rings is 1. The fourth-order valence-electron chi connectivity index (χ4n) is 3.13. The zero-order valence-electron chi connectivity index (χ0n) is 14.2. The molecular formula is C19H19N3O4. The zero-order valence-corrected chi connectivity index (χ0v) is 14.2. The van der Waals surface area contributed by atoms with Crippen LogP contribution in [0.5, 0.6) is 11.5 Å². The lowest BCUT2D eigenvalue weighted by atomic mass is 10.2. The summed E-state index contributed by atoms with van der Waals surface area (Å²) in [7, 11) is 0. The van der Waals surface area contributed by atoms with Gasteiger partial charge in [0.2, 0.25) is 6.10 Å². The molecule has 1 fully saturated rings. The third-order valence-corrected chi connectivity index (χ3v) is 4.55. The number of fused-ring (bicyclic) bond motifs is 1. The lowest BCUT2D eigenvalue weighted by Crippen LogP contribution is -2.55. The number of hydrogen-bond donors (Lipinski definition) is 0. The molecule has 0 aliphatic carbocycles. The largest absolute Gasteiger partial charge is 0.485 e. The Bertz CT molecular complexity index is 803. The van der Waals surface area contributed by atoms with Gasteiger partial charge >= 0.3 is 0 Å². The highest BCUT2D eigenvalue weighted by atomic mass is 16.6. The molecule has 3 heterocycles. The van der Waals surface area contributed by atoms with Gasteiger partial charge in [-0.25, -0.2) is 0 Å². The smallest absolute Gasteiger partial charge is 0.272 e. The van der Waals surface area contributed by atoms with E-state index in [-0.39, 0.29) is 18.4 Å². The first-order chi connectivity index (χ1) is 12.7. The lowest BCUT2D eigenvalue weighted by molar-refractivity contribution is -0.142. The van der Waals surface area contributed by atoms with Crippen LogP contribution < -0.4 is 9.47 Å². The minimum atomic E-state index is -0.650. The first-order valence-electron chi connectivity index (χ1n) is 8.60. The number of aromatic nitrogens is 1. The van der Waals surface area contributed by atoms with Gasteiger partial charge in [0.1, 0.15) is 12.3 Å². The van der Waals surface area contributed by atoms with Gasteiger partial charge in [0.05, 0.1) is 0 Å². The number of ether oxygens (including phenoxy) is 2. The normalized spacial score (nSPS) is 19.2. The number of hydrogen-bond acceptors (Lipinski definition) is 5. The van der Waals surface area contributed by atoms with E-state index in [9.17, 15) is 9.59 Å². The number of rotatable bonds is 2. The van der Waals surface area contributed by atoms with Crippen LogP contribution in [0.2, 0.25) is 0 Å². The summed E-state index contributed by atoms with van der Waals surface area (Å²) in [5.41, 5.74) is 0.424. The Morgan fingerprint density at radius 2 is 1.62 bits per heavy atom. The van der Waals surface area contributed by atoms with Crippen molar-refractivity contribution in [2.24, 2.45) is 0 Å². The summed E-state index contributed by atoms with van der Waals surface area (Å²) < 4.78 is 11.4. The molecule has 1 saturated heterocycles. The van der Waals surface area contributed by atoms with Crippen molar-refractivity contribution in [3.63, 3.8) is 0 Å². The van der Waals surface area contributed by atoms with Gasteiger partial charge in [-0.15, -0.1) is 0 Å². The number of benzene rings is 1. The van der Waals surface area contributed by atoms with Crippen LogP contribution in [0.25, 0.3) is 0 Å². The van der Waals surface area contributed by atoms with E-state index < -0.39 is 6.10 Å². The van der Waals surface area contributed by atoms with Gasteiger partial charge in [-0.3, -0.25) is 14.6 Å². The van der Waals surface area contributed by atoms with Crippen molar-refractivity contribution in [2.75, 3.05) is 32.8 Å². The lowest BCUT2D eigenvalue weighted by Gasteiger charge is -2.37. The van der Waals surface area contributed by atoms with Gasteiger partial charge in [0, 0.05) is 32.4 Å². The fraction of sp³-hybridized carbons (Fsp3) is 0.316. The van der Waals surface area contributed by atoms with Crippen LogP contribution in [-0.2, 0) is 4.79 Å². The Morgan fingerprint density at radius 1 is 0.923 bits per heavy atom. The van der Waals surface area contributed by atoms with E-state index in [2.05, 4.69) is 4.98 Å². The summed E-state index contributed by atoms with van der Waals surface area (Å²) in [6.07, 6.45) is 0.952. The van der Waals surface area contributed by atoms with Crippen LogP contribution in [0.15, 0.2) is 48.7 Å². The first-order valence-corrected chi connectivity index (χ1v) is 8.60. The predicted molar refractivity (Wildman–Crippen MR) is 93.1 cm³/mol. The third-order valence-electron chi connectivity index (χ3n) is 4.55. The Balaban J connectivity index is 1.35. The van der Waals surface area contributed by atoms with E-state index in [1.54, 1.807) is 40.3 Å². The van der Waals surface area contributed by atoms with Crippen molar-refractivity contribution in [3.05, 3.63) is 54.4 Å². The van der Waals surface area contributed by atoms with Gasteiger partial charge in [-0.1, -0.05) is 18.2 Å². The summed E-state index contributed by atoms with van der Waals surface area (Å²) in [5, 5.41) is 0. The second kappa shape index (κ2) is 7.03. The van der Waals surface area contributed by atoms with Crippen molar-refractivity contribution >= 4 is 11.8 Å². The Morgan fingerprint density at radius 3 is 2.35 bits per heavy atom. The van der Waals surface area contributed by atoms with Gasteiger partial charge in [-0.2, -0.15) is 0 Å². The molecule has 7 heteroatoms. The summed E-state index contributed by atoms with van der Waals surface area (Å²) in [6.45, 7) is 2.09. The molecule has 2 aliphatic rings. The number of carbonyl (C=O) groups is 2. The monoisotopic (exact) mass is 353 g/mol. The molecular weight excluding hydrogens is 334 g/mol. The molecule has 2 amide bonds. The average molecular weight is 353 g/mol. The van der Waals surface area contributed by atoms with Gasteiger partial charge in [-0.05, 0) is 24.3 Å². The van der Waals surface area contributed by atoms with Crippen molar-refractivity contribution < 1.29 is 19.1 Å². The third kappa shape index (κ3) is 3.20. The second-order valence-corrected chi connectivity index (χ2v) is 6.20. The van der Waals surface area contributed by atoms with Crippen LogP contribution in [-0.4, -0.2) is 65.5 Å². The van der Waals surface area contributed by atoms with Crippen LogP contribution in [0.3, 0.4) is 0 Å². The van der Waals surface area contributed by atoms with E-state index in [4.69, 9.17) is 9.47 Å². The molecule has 0 bridgehead atoms. The fourth-order valence-corrected chi connectivity index (χ4v) is 3.13. The standard InChI is InChI=1S/C19H19N3O4/c23-18(14-5-3-4-8-20-14)21-9-11-22(12-10-21)19(24)17-13-25-15-6-1-2-7-16(15)26-17/h1-8,17H,9-13H2/t17-/m0/s1. The van der Waals surface area contributed by atoms with Gasteiger partial charge in [0.15, 0.2) is 11.5 Å². The molecule has 0 radical (unpaired) electrons. The van der Waals surface area contributed by atoms with Crippen molar-refractivity contribution in [1.29, 1.82) is 0 Å². The summed E-state index contributed by atoms with van der Waals surface area (Å²) in [4.78, 5) is 32.7. The summed E-state index contributed by atoms with van der Waals surface area (Å²) in [6, 6.07) is 12.6. The van der Waals surface area contributed by atoms with Crippen molar-refractivity contribution in [2.45, 2.75) is 6.10 Å². The topological polar surface area (TPSA) is 72.0 Å². The van der Waals surface area contributed by atoms with Gasteiger partial charge in [0.25, 0.3) is 11.8 Å². The molecule has 2 aromatic rings. The highest BCUT2D eigenvalue weighted by Gasteiger charge is 2.33. The second-order valence-electron chi connectivity index (χ2n) is 6.20. The number of nitrogens with zero attached hydrogens (tertiary/aromatic N) is 3. The molecule has 1 aromatic heterocycles. The Hall–Kier alpha value is -3.09. The van der Waals surface area contributed by atoms with Crippen molar-refractivity contribution in [1.82, 2.24) is 14.8 Å².